The Balaban J connectivity index is 1.03. The van der Waals surface area contributed by atoms with Crippen LogP contribution in [-0.2, 0) is 5.41 Å². The predicted octanol–water partition coefficient (Wildman–Crippen LogP) is 16.7. The Kier molecular flexibility index (Phi) is 7.92. The van der Waals surface area contributed by atoms with Crippen molar-refractivity contribution < 1.29 is 4.42 Å². The second-order valence-corrected chi connectivity index (χ2v) is 16.8. The normalized spacial score (nSPS) is 12.9. The number of rotatable bonds is 6. The van der Waals surface area contributed by atoms with Crippen LogP contribution in [0.25, 0.3) is 88.0 Å². The van der Waals surface area contributed by atoms with E-state index in [-0.39, 0.29) is 5.41 Å². The first kappa shape index (κ1) is 35.3. The van der Waals surface area contributed by atoms with Crippen LogP contribution in [0.1, 0.15) is 25.0 Å². The molecule has 288 valence electrons. The largest absolute Gasteiger partial charge is 0.455 e. The molecule has 0 unspecified atom stereocenters. The smallest absolute Gasteiger partial charge is 0.143 e. The van der Waals surface area contributed by atoms with Gasteiger partial charge in [-0.3, -0.25) is 0 Å². The van der Waals surface area contributed by atoms with Crippen molar-refractivity contribution in [1.82, 2.24) is 0 Å². The van der Waals surface area contributed by atoms with Gasteiger partial charge in [0.25, 0.3) is 0 Å². The second-order valence-electron chi connectivity index (χ2n) is 16.8. The van der Waals surface area contributed by atoms with E-state index < -0.39 is 0 Å². The van der Waals surface area contributed by atoms with E-state index in [0.29, 0.717) is 0 Å². The van der Waals surface area contributed by atoms with Crippen LogP contribution < -0.4 is 4.90 Å². The molecule has 0 amide bonds. The zero-order valence-corrected chi connectivity index (χ0v) is 34.1. The minimum Gasteiger partial charge on any atom is -0.455 e. The summed E-state index contributed by atoms with van der Waals surface area (Å²) in [5.41, 5.74) is 17.3. The van der Waals surface area contributed by atoms with E-state index in [2.05, 4.69) is 225 Å². The van der Waals surface area contributed by atoms with Crippen LogP contribution in [0.4, 0.5) is 17.1 Å². The van der Waals surface area contributed by atoms with E-state index in [4.69, 9.17) is 4.42 Å². The maximum atomic E-state index is 6.65. The molecule has 1 aliphatic carbocycles. The van der Waals surface area contributed by atoms with Crippen molar-refractivity contribution in [3.8, 4) is 44.5 Å². The average Bonchev–Trinajstić information content (AvgIpc) is 3.81. The third-order valence-electron chi connectivity index (χ3n) is 13.1. The molecule has 0 bridgehead atoms. The highest BCUT2D eigenvalue weighted by molar-refractivity contribution is 6.13. The first-order valence-electron chi connectivity index (χ1n) is 21.2. The van der Waals surface area contributed by atoms with Crippen molar-refractivity contribution in [2.75, 3.05) is 4.90 Å². The number of furan rings is 1. The Morgan fingerprint density at radius 1 is 0.361 bits per heavy atom. The summed E-state index contributed by atoms with van der Waals surface area (Å²) < 4.78 is 6.65. The summed E-state index contributed by atoms with van der Waals surface area (Å²) in [7, 11) is 0. The van der Waals surface area contributed by atoms with E-state index in [9.17, 15) is 0 Å². The third kappa shape index (κ3) is 5.56. The molecule has 0 aliphatic heterocycles. The molecule has 0 atom stereocenters. The summed E-state index contributed by atoms with van der Waals surface area (Å²) in [6.07, 6.45) is 0. The second kappa shape index (κ2) is 13.7. The fraction of sp³-hybridized carbons (Fsp3) is 0.0508. The molecule has 1 heterocycles. The van der Waals surface area contributed by atoms with Gasteiger partial charge in [-0.25, -0.2) is 0 Å². The van der Waals surface area contributed by atoms with Gasteiger partial charge in [-0.15, -0.1) is 0 Å². The standard InChI is InChI=1S/C59H41NO/c1-59(2)54-25-8-5-18-48(54)53-37-41(31-35-55(53)59)40-15-11-16-43(36-40)60(56-26-9-6-19-49(56)51-23-13-24-52-50-20-7-10-27-57(50)61-58(51)52)42-32-28-39(29-33-42)45-21-12-22-46-44-17-4-3-14-38(44)30-34-47(45)46/h3-37H,1-2H3. The third-order valence-corrected chi connectivity index (χ3v) is 13.1. The van der Waals surface area contributed by atoms with Crippen molar-refractivity contribution >= 4 is 60.5 Å². The lowest BCUT2D eigenvalue weighted by Gasteiger charge is -2.28. The van der Waals surface area contributed by atoms with Crippen molar-refractivity contribution in [3.05, 3.63) is 223 Å². The highest BCUT2D eigenvalue weighted by Gasteiger charge is 2.35. The fourth-order valence-electron chi connectivity index (χ4n) is 10.1. The van der Waals surface area contributed by atoms with Gasteiger partial charge in [0.2, 0.25) is 0 Å². The maximum absolute atomic E-state index is 6.65. The van der Waals surface area contributed by atoms with Crippen molar-refractivity contribution in [2.45, 2.75) is 19.3 Å². The van der Waals surface area contributed by atoms with E-state index in [1.807, 2.05) is 6.07 Å². The molecule has 12 rings (SSSR count). The topological polar surface area (TPSA) is 16.4 Å². The Bertz CT molecular complexity index is 3520. The molecular formula is C59H41NO. The lowest BCUT2D eigenvalue weighted by molar-refractivity contribution is 0.660. The quantitative estimate of drug-likeness (QED) is 0.156. The molecule has 0 N–H and O–H groups in total. The number of para-hydroxylation sites is 3. The van der Waals surface area contributed by atoms with Crippen LogP contribution in [-0.4, -0.2) is 0 Å². The van der Waals surface area contributed by atoms with E-state index in [1.54, 1.807) is 0 Å². The molecule has 0 spiro atoms. The summed E-state index contributed by atoms with van der Waals surface area (Å²) in [6, 6.07) is 77.4. The molecule has 1 aromatic heterocycles. The van der Waals surface area contributed by atoms with Crippen LogP contribution in [0, 0.1) is 0 Å². The van der Waals surface area contributed by atoms with Gasteiger partial charge in [0.15, 0.2) is 0 Å². The molecule has 10 aromatic carbocycles. The number of hydrogen-bond donors (Lipinski definition) is 0. The molecule has 11 aromatic rings. The summed E-state index contributed by atoms with van der Waals surface area (Å²) >= 11 is 0. The molecule has 2 nitrogen and oxygen atoms in total. The SMILES string of the molecule is CC1(C)c2ccccc2-c2cc(-c3cccc(N(c4ccc(-c5cccc6c5ccc5ccccc56)cc4)c4ccccc4-c4cccc5c4oc4ccccc45)c3)ccc21. The van der Waals surface area contributed by atoms with E-state index in [0.717, 1.165) is 50.1 Å². The van der Waals surface area contributed by atoms with Crippen LogP contribution in [0.2, 0.25) is 0 Å². The number of hydrogen-bond acceptors (Lipinski definition) is 2. The first-order chi connectivity index (χ1) is 30.0. The average molecular weight is 780 g/mol. The molecule has 0 fully saturated rings. The van der Waals surface area contributed by atoms with Gasteiger partial charge in [-0.2, -0.15) is 0 Å². The predicted molar refractivity (Wildman–Crippen MR) is 257 cm³/mol. The van der Waals surface area contributed by atoms with Gasteiger partial charge in [0.05, 0.1) is 5.69 Å². The van der Waals surface area contributed by atoms with Gasteiger partial charge in [-0.05, 0) is 109 Å². The first-order valence-corrected chi connectivity index (χ1v) is 21.2. The van der Waals surface area contributed by atoms with Crippen LogP contribution >= 0.6 is 0 Å². The Morgan fingerprint density at radius 2 is 1.00 bits per heavy atom. The monoisotopic (exact) mass is 779 g/mol. The molecule has 1 aliphatic rings. The lowest BCUT2D eigenvalue weighted by atomic mass is 9.82. The van der Waals surface area contributed by atoms with Gasteiger partial charge in [-0.1, -0.05) is 184 Å². The number of nitrogens with zero attached hydrogens (tertiary/aromatic N) is 1. The number of benzene rings is 10. The minimum atomic E-state index is -0.0402. The minimum absolute atomic E-state index is 0.0402. The summed E-state index contributed by atoms with van der Waals surface area (Å²) in [5.74, 6) is 0. The number of fused-ring (bicyclic) bond motifs is 9. The van der Waals surface area contributed by atoms with Crippen molar-refractivity contribution in [1.29, 1.82) is 0 Å². The molecule has 0 radical (unpaired) electrons. The molecule has 0 saturated carbocycles. The van der Waals surface area contributed by atoms with E-state index in [1.165, 1.54) is 66.1 Å². The van der Waals surface area contributed by atoms with E-state index >= 15 is 0 Å². The number of anilines is 3. The summed E-state index contributed by atoms with van der Waals surface area (Å²) in [5, 5.41) is 7.29. The molecule has 0 saturated heterocycles. The van der Waals surface area contributed by atoms with Gasteiger partial charge in [0, 0.05) is 38.7 Å². The molecule has 61 heavy (non-hydrogen) atoms. The van der Waals surface area contributed by atoms with Crippen molar-refractivity contribution in [2.24, 2.45) is 0 Å². The van der Waals surface area contributed by atoms with Crippen LogP contribution in [0.15, 0.2) is 217 Å². The van der Waals surface area contributed by atoms with Crippen LogP contribution in [0.3, 0.4) is 0 Å². The van der Waals surface area contributed by atoms with Gasteiger partial charge >= 0.3 is 0 Å². The highest BCUT2D eigenvalue weighted by Crippen LogP contribution is 2.50. The Morgan fingerprint density at radius 3 is 1.89 bits per heavy atom. The Labute approximate surface area is 355 Å². The zero-order valence-electron chi connectivity index (χ0n) is 34.1. The highest BCUT2D eigenvalue weighted by atomic mass is 16.3. The zero-order chi connectivity index (χ0) is 40.7. The molecular weight excluding hydrogens is 739 g/mol. The van der Waals surface area contributed by atoms with Gasteiger partial charge < -0.3 is 9.32 Å². The summed E-state index contributed by atoms with van der Waals surface area (Å²) in [6.45, 7) is 4.68. The van der Waals surface area contributed by atoms with Crippen molar-refractivity contribution in [3.63, 3.8) is 0 Å². The maximum Gasteiger partial charge on any atom is 0.143 e. The lowest BCUT2D eigenvalue weighted by Crippen LogP contribution is -2.14. The van der Waals surface area contributed by atoms with Crippen LogP contribution in [0.5, 0.6) is 0 Å². The Hall–Kier alpha value is -7.68. The molecule has 2 heteroatoms. The van der Waals surface area contributed by atoms with Gasteiger partial charge in [0.1, 0.15) is 11.2 Å². The summed E-state index contributed by atoms with van der Waals surface area (Å²) in [4.78, 5) is 2.41. The fourth-order valence-corrected chi connectivity index (χ4v) is 10.1.